The van der Waals surface area contributed by atoms with Crippen LogP contribution in [0, 0.1) is 5.41 Å². The van der Waals surface area contributed by atoms with E-state index in [4.69, 9.17) is 15.2 Å². The van der Waals surface area contributed by atoms with E-state index < -0.39 is 0 Å². The topological polar surface area (TPSA) is 44.5 Å². The molecule has 2 N–H and O–H groups in total. The zero-order chi connectivity index (χ0) is 18.1. The lowest BCUT2D eigenvalue weighted by atomic mass is 9.76. The average molecular weight is 344 g/mol. The third-order valence-corrected chi connectivity index (χ3v) is 6.36. The molecule has 2 aliphatic rings. The van der Waals surface area contributed by atoms with Gasteiger partial charge in [-0.05, 0) is 66.7 Å². The van der Waals surface area contributed by atoms with Gasteiger partial charge in [0.1, 0.15) is 0 Å². The van der Waals surface area contributed by atoms with E-state index in [1.165, 1.54) is 23.1 Å². The number of anilines is 1. The number of ether oxygens (including phenoxy) is 2. The van der Waals surface area contributed by atoms with Gasteiger partial charge in [0.2, 0.25) is 0 Å². The molecule has 3 nitrogen and oxygen atoms in total. The van der Waals surface area contributed by atoms with Crippen LogP contribution in [0.2, 0.25) is 0 Å². The van der Waals surface area contributed by atoms with Gasteiger partial charge in [-0.1, -0.05) is 26.0 Å². The molecule has 1 saturated carbocycles. The molecule has 0 unspecified atom stereocenters. The fourth-order valence-electron chi connectivity index (χ4n) is 4.31. The fourth-order valence-corrected chi connectivity index (χ4v) is 4.31. The summed E-state index contributed by atoms with van der Waals surface area (Å²) in [5.41, 5.74) is 11.7. The summed E-state index contributed by atoms with van der Waals surface area (Å²) in [5, 5.41) is 0. The van der Waals surface area contributed by atoms with Gasteiger partial charge in [-0.2, -0.15) is 0 Å². The van der Waals surface area contributed by atoms with Crippen LogP contribution in [0.3, 0.4) is 0 Å². The first kappa shape index (κ1) is 18.5. The van der Waals surface area contributed by atoms with Crippen LogP contribution in [0.4, 0.5) is 5.69 Å². The summed E-state index contributed by atoms with van der Waals surface area (Å²) in [5.74, 6) is 0.184. The predicted octanol–water partition coefficient (Wildman–Crippen LogP) is 5.51. The molecule has 3 heteroatoms. The zero-order valence-corrected chi connectivity index (χ0v) is 16.2. The highest BCUT2D eigenvalue weighted by Gasteiger charge is 2.36. The number of nitrogens with two attached hydrogens (primary N) is 1. The molecule has 0 aliphatic heterocycles. The number of methoxy groups -OCH3 is 2. The van der Waals surface area contributed by atoms with Crippen molar-refractivity contribution in [1.29, 1.82) is 0 Å². The lowest BCUT2D eigenvalue weighted by Gasteiger charge is -2.38. The number of allylic oxidation sites excluding steroid dienone is 2. The maximum Gasteiger partial charge on any atom is 0.167 e. The molecule has 1 aromatic rings. The Morgan fingerprint density at radius 2 is 1.72 bits per heavy atom. The van der Waals surface area contributed by atoms with Crippen molar-refractivity contribution in [1.82, 2.24) is 0 Å². The third-order valence-electron chi connectivity index (χ3n) is 6.36. The number of benzene rings is 1. The lowest BCUT2D eigenvalue weighted by Crippen LogP contribution is -2.37. The van der Waals surface area contributed by atoms with Crippen LogP contribution in [-0.4, -0.2) is 20.0 Å². The quantitative estimate of drug-likeness (QED) is 0.579. The molecule has 1 fully saturated rings. The Bertz CT molecular complexity index is 633. The van der Waals surface area contributed by atoms with Gasteiger partial charge >= 0.3 is 0 Å². The first-order valence-corrected chi connectivity index (χ1v) is 9.57. The number of rotatable bonds is 4. The average Bonchev–Trinajstić information content (AvgIpc) is 2.63. The van der Waals surface area contributed by atoms with Crippen molar-refractivity contribution in [3.63, 3.8) is 0 Å². The molecule has 1 aromatic carbocycles. The zero-order valence-electron chi connectivity index (χ0n) is 16.2. The second-order valence-electron chi connectivity index (χ2n) is 8.54. The third kappa shape index (κ3) is 3.93. The van der Waals surface area contributed by atoms with E-state index in [1.807, 2.05) is 0 Å². The van der Waals surface area contributed by atoms with Gasteiger partial charge in [0.25, 0.3) is 0 Å². The van der Waals surface area contributed by atoms with Gasteiger partial charge in [0.15, 0.2) is 5.79 Å². The molecule has 0 heterocycles. The first-order valence-electron chi connectivity index (χ1n) is 9.57. The van der Waals surface area contributed by atoms with E-state index in [2.05, 4.69) is 38.1 Å². The molecule has 25 heavy (non-hydrogen) atoms. The summed E-state index contributed by atoms with van der Waals surface area (Å²) in [6, 6.07) is 6.65. The smallest absolute Gasteiger partial charge is 0.167 e. The summed E-state index contributed by atoms with van der Waals surface area (Å²) in [6.45, 7) is 4.69. The number of hydrogen-bond donors (Lipinski definition) is 1. The van der Waals surface area contributed by atoms with E-state index >= 15 is 0 Å². The standard InChI is InChI=1S/C22H33NO2/c1-21(2)11-7-17(8-12-21)19-15-18(5-6-20(19)23)16-9-13-22(24-3,25-4)14-10-16/h5-7,15-16H,8-14,23H2,1-4H3. The summed E-state index contributed by atoms with van der Waals surface area (Å²) in [4.78, 5) is 0. The highest BCUT2D eigenvalue weighted by Crippen LogP contribution is 2.43. The molecule has 0 spiro atoms. The van der Waals surface area contributed by atoms with Crippen LogP contribution < -0.4 is 5.73 Å². The Labute approximate surface area is 152 Å². The van der Waals surface area contributed by atoms with Crippen molar-refractivity contribution in [2.45, 2.75) is 70.5 Å². The monoisotopic (exact) mass is 343 g/mol. The minimum atomic E-state index is -0.384. The Kier molecular flexibility index (Phi) is 5.26. The van der Waals surface area contributed by atoms with Crippen molar-refractivity contribution >= 4 is 11.3 Å². The summed E-state index contributed by atoms with van der Waals surface area (Å²) >= 11 is 0. The Morgan fingerprint density at radius 3 is 2.28 bits per heavy atom. The lowest BCUT2D eigenvalue weighted by molar-refractivity contribution is -0.224. The van der Waals surface area contributed by atoms with Crippen molar-refractivity contribution in [3.05, 3.63) is 35.4 Å². The van der Waals surface area contributed by atoms with Gasteiger partial charge in [0, 0.05) is 38.3 Å². The summed E-state index contributed by atoms with van der Waals surface area (Å²) in [7, 11) is 3.50. The molecule has 0 saturated heterocycles. The number of nitrogen functional groups attached to an aromatic ring is 1. The fraction of sp³-hybridized carbons (Fsp3) is 0.636. The molecule has 0 bridgehead atoms. The van der Waals surface area contributed by atoms with E-state index in [0.717, 1.165) is 44.2 Å². The Hall–Kier alpha value is -1.32. The predicted molar refractivity (Wildman–Crippen MR) is 104 cm³/mol. The van der Waals surface area contributed by atoms with Crippen LogP contribution >= 0.6 is 0 Å². The maximum atomic E-state index is 6.32. The van der Waals surface area contributed by atoms with E-state index in [1.54, 1.807) is 14.2 Å². The molecule has 3 rings (SSSR count). The van der Waals surface area contributed by atoms with E-state index in [-0.39, 0.29) is 5.79 Å². The summed E-state index contributed by atoms with van der Waals surface area (Å²) < 4.78 is 11.2. The largest absolute Gasteiger partial charge is 0.398 e. The van der Waals surface area contributed by atoms with E-state index in [9.17, 15) is 0 Å². The van der Waals surface area contributed by atoms with Crippen LogP contribution in [0.15, 0.2) is 24.3 Å². The van der Waals surface area contributed by atoms with Gasteiger partial charge in [-0.15, -0.1) is 0 Å². The van der Waals surface area contributed by atoms with Crippen molar-refractivity contribution < 1.29 is 9.47 Å². The number of hydrogen-bond acceptors (Lipinski definition) is 3. The molecule has 0 amide bonds. The molecule has 138 valence electrons. The molecular formula is C22H33NO2. The van der Waals surface area contributed by atoms with Crippen LogP contribution in [0.1, 0.15) is 75.8 Å². The van der Waals surface area contributed by atoms with Crippen LogP contribution in [-0.2, 0) is 9.47 Å². The molecule has 0 radical (unpaired) electrons. The minimum Gasteiger partial charge on any atom is -0.398 e. The van der Waals surface area contributed by atoms with Crippen molar-refractivity contribution in [2.24, 2.45) is 5.41 Å². The minimum absolute atomic E-state index is 0.384. The van der Waals surface area contributed by atoms with Crippen molar-refractivity contribution in [3.8, 4) is 0 Å². The maximum absolute atomic E-state index is 6.32. The summed E-state index contributed by atoms with van der Waals surface area (Å²) in [6.07, 6.45) is 9.98. The Balaban J connectivity index is 1.78. The Morgan fingerprint density at radius 1 is 1.04 bits per heavy atom. The van der Waals surface area contributed by atoms with Gasteiger partial charge in [-0.25, -0.2) is 0 Å². The highest BCUT2D eigenvalue weighted by atomic mass is 16.7. The molecule has 0 aromatic heterocycles. The van der Waals surface area contributed by atoms with E-state index in [0.29, 0.717) is 11.3 Å². The van der Waals surface area contributed by atoms with Crippen molar-refractivity contribution in [2.75, 3.05) is 20.0 Å². The molecule has 2 aliphatic carbocycles. The molecular weight excluding hydrogens is 310 g/mol. The van der Waals surface area contributed by atoms with Crippen LogP contribution in [0.5, 0.6) is 0 Å². The van der Waals surface area contributed by atoms with Crippen LogP contribution in [0.25, 0.3) is 5.57 Å². The second-order valence-corrected chi connectivity index (χ2v) is 8.54. The molecule has 0 atom stereocenters. The van der Waals surface area contributed by atoms with Gasteiger partial charge < -0.3 is 15.2 Å². The highest BCUT2D eigenvalue weighted by molar-refractivity contribution is 5.76. The SMILES string of the molecule is COC1(OC)CCC(c2ccc(N)c(C3=CCC(C)(C)CC3)c2)CC1. The van der Waals surface area contributed by atoms with Gasteiger partial charge in [-0.3, -0.25) is 0 Å². The first-order chi connectivity index (χ1) is 11.9. The van der Waals surface area contributed by atoms with Gasteiger partial charge in [0.05, 0.1) is 0 Å². The second kappa shape index (κ2) is 7.13. The normalized spacial score (nSPS) is 23.3.